The second kappa shape index (κ2) is 9.91. The van der Waals surface area contributed by atoms with Gasteiger partial charge in [0.15, 0.2) is 0 Å². The fraction of sp³-hybridized carbons (Fsp3) is 0.429. The van der Waals surface area contributed by atoms with Gasteiger partial charge in [0.1, 0.15) is 11.3 Å². The van der Waals surface area contributed by atoms with Crippen LogP contribution in [0.2, 0.25) is 0 Å². The van der Waals surface area contributed by atoms with Gasteiger partial charge in [-0.25, -0.2) is 0 Å². The molecule has 0 aromatic heterocycles. The van der Waals surface area contributed by atoms with E-state index in [1.54, 1.807) is 30.8 Å². The van der Waals surface area contributed by atoms with Crippen LogP contribution >= 0.6 is 0 Å². The Kier molecular flexibility index (Phi) is 6.93. The molecule has 0 N–H and O–H groups in total. The maximum atomic E-state index is 14.1. The first kappa shape index (κ1) is 24.5. The van der Waals surface area contributed by atoms with E-state index in [2.05, 4.69) is 6.07 Å². The van der Waals surface area contributed by atoms with Gasteiger partial charge in [-0.1, -0.05) is 60.7 Å². The fourth-order valence-corrected chi connectivity index (χ4v) is 6.11. The lowest BCUT2D eigenvalue weighted by molar-refractivity contribution is -0.173. The molecule has 4 atom stereocenters. The van der Waals surface area contributed by atoms with Crippen LogP contribution in [0.15, 0.2) is 60.7 Å². The van der Waals surface area contributed by atoms with Crippen LogP contribution in [0, 0.1) is 28.6 Å². The third kappa shape index (κ3) is 4.07. The van der Waals surface area contributed by atoms with Crippen molar-refractivity contribution in [3.8, 4) is 6.07 Å². The maximum absolute atomic E-state index is 14.1. The highest BCUT2D eigenvalue weighted by molar-refractivity contribution is 6.09. The average molecular weight is 474 g/mol. The van der Waals surface area contributed by atoms with Crippen molar-refractivity contribution in [2.75, 3.05) is 27.4 Å². The Bertz CT molecular complexity index is 1060. The van der Waals surface area contributed by atoms with Gasteiger partial charge in [-0.05, 0) is 36.8 Å². The van der Waals surface area contributed by atoms with Crippen LogP contribution in [0.25, 0.3) is 0 Å². The molecule has 1 heterocycles. The average Bonchev–Trinajstić information content (AvgIpc) is 2.88. The smallest absolute Gasteiger partial charge is 0.323 e. The second-order valence-electron chi connectivity index (χ2n) is 9.53. The molecule has 182 valence electrons. The molecule has 2 aromatic carbocycles. The van der Waals surface area contributed by atoms with Gasteiger partial charge in [0, 0.05) is 25.9 Å². The quantitative estimate of drug-likeness (QED) is 0.489. The number of ether oxygens (including phenoxy) is 1. The molecule has 1 saturated heterocycles. The first-order valence-electron chi connectivity index (χ1n) is 12.0. The van der Waals surface area contributed by atoms with Gasteiger partial charge in [-0.3, -0.25) is 14.4 Å². The molecule has 0 bridgehead atoms. The van der Waals surface area contributed by atoms with E-state index in [0.29, 0.717) is 12.8 Å². The van der Waals surface area contributed by atoms with E-state index < -0.39 is 29.1 Å². The van der Waals surface area contributed by atoms with Crippen LogP contribution in [-0.4, -0.2) is 55.0 Å². The van der Waals surface area contributed by atoms with Crippen molar-refractivity contribution in [2.45, 2.75) is 31.6 Å². The molecule has 1 aliphatic heterocycles. The number of hydrogen-bond donors (Lipinski definition) is 0. The Morgan fingerprint density at radius 1 is 0.971 bits per heavy atom. The molecule has 7 heteroatoms. The number of esters is 1. The van der Waals surface area contributed by atoms with E-state index >= 15 is 0 Å². The summed E-state index contributed by atoms with van der Waals surface area (Å²) in [7, 11) is 3.44. The minimum absolute atomic E-state index is 0.185. The van der Waals surface area contributed by atoms with Crippen LogP contribution in [0.4, 0.5) is 0 Å². The molecule has 0 radical (unpaired) electrons. The third-order valence-corrected chi connectivity index (χ3v) is 7.56. The number of carbonyl (C=O) groups excluding carboxylic acids is 3. The zero-order chi connectivity index (χ0) is 25.2. The molecule has 2 unspecified atom stereocenters. The number of rotatable bonds is 5. The Morgan fingerprint density at radius 2 is 1.43 bits per heavy atom. The Labute approximate surface area is 206 Å². The van der Waals surface area contributed by atoms with E-state index in [4.69, 9.17) is 4.74 Å². The number of nitrogens with zero attached hydrogens (tertiary/aromatic N) is 3. The van der Waals surface area contributed by atoms with Crippen molar-refractivity contribution >= 4 is 17.8 Å². The number of benzene rings is 2. The summed E-state index contributed by atoms with van der Waals surface area (Å²) in [6, 6.07) is 21.2. The van der Waals surface area contributed by atoms with Crippen molar-refractivity contribution < 1.29 is 19.1 Å². The standard InChI is InChI=1S/C28H31N3O4/c1-4-35-25(32)22(17-29)21-15-23(19-11-7-5-8-12-19)28(24(16-21)20-13-9-6-10-14-20)26(33)30(2)18-31(3)27(28)34/h5-14,21-24H,4,15-16,18H2,1-3H3/t21?,22?,23-,24+. The molecular weight excluding hydrogens is 442 g/mol. The number of carbonyl (C=O) groups is 3. The largest absolute Gasteiger partial charge is 0.465 e. The van der Waals surface area contributed by atoms with E-state index in [-0.39, 0.29) is 31.0 Å². The maximum Gasteiger partial charge on any atom is 0.323 e. The van der Waals surface area contributed by atoms with E-state index in [1.807, 2.05) is 60.7 Å². The summed E-state index contributed by atoms with van der Waals surface area (Å²) in [5, 5.41) is 9.98. The van der Waals surface area contributed by atoms with E-state index in [1.165, 1.54) is 0 Å². The molecule has 2 aromatic rings. The Balaban J connectivity index is 1.95. The van der Waals surface area contributed by atoms with Gasteiger partial charge in [-0.2, -0.15) is 5.26 Å². The topological polar surface area (TPSA) is 90.7 Å². The summed E-state index contributed by atoms with van der Waals surface area (Å²) in [5.74, 6) is -3.36. The van der Waals surface area contributed by atoms with Gasteiger partial charge in [0.2, 0.25) is 11.8 Å². The van der Waals surface area contributed by atoms with Gasteiger partial charge >= 0.3 is 5.97 Å². The normalized spacial score (nSPS) is 24.7. The fourth-order valence-electron chi connectivity index (χ4n) is 6.11. The van der Waals surface area contributed by atoms with Crippen molar-refractivity contribution in [1.29, 1.82) is 5.26 Å². The predicted octanol–water partition coefficient (Wildman–Crippen LogP) is 3.54. The molecular formula is C28H31N3O4. The summed E-state index contributed by atoms with van der Waals surface area (Å²) in [6.07, 6.45) is 0.701. The molecule has 2 aliphatic rings. The van der Waals surface area contributed by atoms with Gasteiger partial charge in [-0.15, -0.1) is 0 Å². The highest BCUT2D eigenvalue weighted by Gasteiger charge is 2.65. The summed E-state index contributed by atoms with van der Waals surface area (Å²) in [6.45, 7) is 2.12. The lowest BCUT2D eigenvalue weighted by atomic mass is 9.51. The number of amides is 2. The summed E-state index contributed by atoms with van der Waals surface area (Å²) < 4.78 is 5.23. The Morgan fingerprint density at radius 3 is 1.83 bits per heavy atom. The Hall–Kier alpha value is -3.66. The minimum Gasteiger partial charge on any atom is -0.465 e. The van der Waals surface area contributed by atoms with Crippen LogP contribution in [0.1, 0.15) is 42.7 Å². The van der Waals surface area contributed by atoms with Crippen molar-refractivity contribution in [2.24, 2.45) is 17.3 Å². The zero-order valence-electron chi connectivity index (χ0n) is 20.4. The lowest BCUT2D eigenvalue weighted by Gasteiger charge is -2.55. The molecule has 1 spiro atoms. The second-order valence-corrected chi connectivity index (χ2v) is 9.53. The number of nitriles is 1. The third-order valence-electron chi connectivity index (χ3n) is 7.56. The van der Waals surface area contributed by atoms with Crippen LogP contribution in [0.5, 0.6) is 0 Å². The summed E-state index contributed by atoms with van der Waals surface area (Å²) >= 11 is 0. The molecule has 1 saturated carbocycles. The predicted molar refractivity (Wildman–Crippen MR) is 130 cm³/mol. The monoisotopic (exact) mass is 473 g/mol. The van der Waals surface area contributed by atoms with Gasteiger partial charge < -0.3 is 14.5 Å². The summed E-state index contributed by atoms with van der Waals surface area (Å²) in [4.78, 5) is 44.2. The van der Waals surface area contributed by atoms with Crippen molar-refractivity contribution in [3.63, 3.8) is 0 Å². The van der Waals surface area contributed by atoms with E-state index in [9.17, 15) is 19.6 Å². The highest BCUT2D eigenvalue weighted by Crippen LogP contribution is 2.60. The molecule has 7 nitrogen and oxygen atoms in total. The lowest BCUT2D eigenvalue weighted by Crippen LogP contribution is -2.66. The van der Waals surface area contributed by atoms with E-state index in [0.717, 1.165) is 11.1 Å². The SMILES string of the molecule is CCOC(=O)C(C#N)C1C[C@H](c2ccccc2)C2(C(=O)N(C)CN(C)C2=O)[C@H](c2ccccc2)C1. The zero-order valence-corrected chi connectivity index (χ0v) is 20.4. The molecule has 4 rings (SSSR count). The molecule has 1 aliphatic carbocycles. The highest BCUT2D eigenvalue weighted by atomic mass is 16.5. The molecule has 2 fully saturated rings. The minimum atomic E-state index is -1.38. The summed E-state index contributed by atoms with van der Waals surface area (Å²) in [5.41, 5.74) is 0.323. The first-order chi connectivity index (χ1) is 16.9. The number of hydrogen-bond acceptors (Lipinski definition) is 5. The van der Waals surface area contributed by atoms with Gasteiger partial charge in [0.25, 0.3) is 0 Å². The molecule has 35 heavy (non-hydrogen) atoms. The molecule has 2 amide bonds. The van der Waals surface area contributed by atoms with Crippen LogP contribution in [0.3, 0.4) is 0 Å². The van der Waals surface area contributed by atoms with Crippen LogP contribution < -0.4 is 0 Å². The van der Waals surface area contributed by atoms with Gasteiger partial charge in [0.05, 0.1) is 19.3 Å². The van der Waals surface area contributed by atoms with Crippen molar-refractivity contribution in [1.82, 2.24) is 9.80 Å². The van der Waals surface area contributed by atoms with Crippen molar-refractivity contribution in [3.05, 3.63) is 71.8 Å². The van der Waals surface area contributed by atoms with Crippen LogP contribution in [-0.2, 0) is 19.1 Å². The first-order valence-corrected chi connectivity index (χ1v) is 12.0.